The number of hydrogen-bond acceptors (Lipinski definition) is 2. The van der Waals surface area contributed by atoms with Gasteiger partial charge in [0.2, 0.25) is 0 Å². The van der Waals surface area contributed by atoms with Crippen LogP contribution in [0.5, 0.6) is 5.75 Å². The van der Waals surface area contributed by atoms with E-state index in [2.05, 4.69) is 55.0 Å². The van der Waals surface area contributed by atoms with Gasteiger partial charge in [-0.2, -0.15) is 0 Å². The zero-order valence-electron chi connectivity index (χ0n) is 11.3. The maximum absolute atomic E-state index is 5.42. The van der Waals surface area contributed by atoms with E-state index in [0.717, 1.165) is 22.3 Å². The molecule has 0 saturated heterocycles. The van der Waals surface area contributed by atoms with Gasteiger partial charge in [-0.3, -0.25) is 0 Å². The normalized spacial score (nSPS) is 12.6. The Balaban J connectivity index is 2.89. The highest BCUT2D eigenvalue weighted by molar-refractivity contribution is 9.10. The Morgan fingerprint density at radius 2 is 1.94 bits per heavy atom. The van der Waals surface area contributed by atoms with Gasteiger partial charge in [0.15, 0.2) is 0 Å². The maximum atomic E-state index is 5.42. The number of anilines is 1. The van der Waals surface area contributed by atoms with Crippen molar-refractivity contribution in [2.75, 3.05) is 12.4 Å². The van der Waals surface area contributed by atoms with E-state index in [1.807, 2.05) is 6.07 Å². The highest BCUT2D eigenvalue weighted by atomic mass is 79.9. The van der Waals surface area contributed by atoms with Crippen LogP contribution >= 0.6 is 15.9 Å². The monoisotopic (exact) mass is 299 g/mol. The number of nitrogens with one attached hydrogen (secondary N) is 1. The molecule has 0 aliphatic rings. The minimum atomic E-state index is 0.448. The zero-order valence-corrected chi connectivity index (χ0v) is 12.9. The number of methoxy groups -OCH3 is 1. The molecule has 0 fully saturated rings. The molecule has 0 aliphatic carbocycles. The lowest BCUT2D eigenvalue weighted by atomic mass is 10.0. The number of aryl methyl sites for hydroxylation is 1. The zero-order chi connectivity index (χ0) is 13.0. The summed E-state index contributed by atoms with van der Waals surface area (Å²) in [6.45, 7) is 8.78. The second-order valence-corrected chi connectivity index (χ2v) is 5.89. The lowest BCUT2D eigenvalue weighted by Gasteiger charge is -2.21. The first-order valence-electron chi connectivity index (χ1n) is 6.04. The molecule has 0 radical (unpaired) electrons. The van der Waals surface area contributed by atoms with Gasteiger partial charge in [-0.15, -0.1) is 0 Å². The van der Waals surface area contributed by atoms with Crippen molar-refractivity contribution < 1.29 is 4.74 Å². The Morgan fingerprint density at radius 3 is 2.47 bits per heavy atom. The van der Waals surface area contributed by atoms with Crippen LogP contribution < -0.4 is 10.1 Å². The molecule has 0 saturated carbocycles. The highest BCUT2D eigenvalue weighted by Gasteiger charge is 2.11. The van der Waals surface area contributed by atoms with Gasteiger partial charge in [0.05, 0.1) is 12.8 Å². The fourth-order valence-corrected chi connectivity index (χ4v) is 2.62. The third-order valence-electron chi connectivity index (χ3n) is 2.70. The van der Waals surface area contributed by atoms with Crippen molar-refractivity contribution >= 4 is 21.6 Å². The summed E-state index contributed by atoms with van der Waals surface area (Å²) < 4.78 is 6.47. The van der Waals surface area contributed by atoms with Gasteiger partial charge in [0, 0.05) is 10.5 Å². The van der Waals surface area contributed by atoms with Crippen molar-refractivity contribution in [1.29, 1.82) is 0 Å². The minimum absolute atomic E-state index is 0.448. The highest BCUT2D eigenvalue weighted by Crippen LogP contribution is 2.32. The number of hydrogen-bond donors (Lipinski definition) is 1. The van der Waals surface area contributed by atoms with Crippen LogP contribution in [-0.4, -0.2) is 13.2 Å². The van der Waals surface area contributed by atoms with Gasteiger partial charge >= 0.3 is 0 Å². The summed E-state index contributed by atoms with van der Waals surface area (Å²) in [7, 11) is 1.71. The minimum Gasteiger partial charge on any atom is -0.495 e. The smallest absolute Gasteiger partial charge is 0.143 e. The van der Waals surface area contributed by atoms with Gasteiger partial charge in [0.25, 0.3) is 0 Å². The fourth-order valence-electron chi connectivity index (χ4n) is 2.07. The van der Waals surface area contributed by atoms with Crippen LogP contribution in [0.3, 0.4) is 0 Å². The summed E-state index contributed by atoms with van der Waals surface area (Å²) in [5.41, 5.74) is 2.30. The molecule has 0 aliphatic heterocycles. The molecule has 1 atom stereocenters. The number of rotatable bonds is 5. The lowest BCUT2D eigenvalue weighted by molar-refractivity contribution is 0.415. The first-order chi connectivity index (χ1) is 7.93. The molecule has 17 heavy (non-hydrogen) atoms. The Morgan fingerprint density at radius 1 is 1.29 bits per heavy atom. The first-order valence-corrected chi connectivity index (χ1v) is 6.84. The van der Waals surface area contributed by atoms with Crippen LogP contribution in [0.1, 0.15) is 32.8 Å². The molecule has 0 spiro atoms. The summed E-state index contributed by atoms with van der Waals surface area (Å²) in [5, 5.41) is 3.54. The predicted octanol–water partition coefficient (Wildman–Crippen LogP) is 4.61. The van der Waals surface area contributed by atoms with E-state index in [0.29, 0.717) is 12.0 Å². The van der Waals surface area contributed by atoms with E-state index in [9.17, 15) is 0 Å². The van der Waals surface area contributed by atoms with Crippen molar-refractivity contribution in [3.05, 3.63) is 22.2 Å². The van der Waals surface area contributed by atoms with Gasteiger partial charge in [-0.1, -0.05) is 29.8 Å². The summed E-state index contributed by atoms with van der Waals surface area (Å²) in [6.07, 6.45) is 1.15. The van der Waals surface area contributed by atoms with E-state index in [4.69, 9.17) is 4.74 Å². The topological polar surface area (TPSA) is 21.3 Å². The molecule has 1 rings (SSSR count). The summed E-state index contributed by atoms with van der Waals surface area (Å²) in [5.74, 6) is 1.59. The van der Waals surface area contributed by atoms with E-state index >= 15 is 0 Å². The van der Waals surface area contributed by atoms with Crippen LogP contribution in [0.25, 0.3) is 0 Å². The van der Waals surface area contributed by atoms with Crippen LogP contribution in [0, 0.1) is 12.8 Å². The van der Waals surface area contributed by atoms with Gasteiger partial charge in [-0.25, -0.2) is 0 Å². The van der Waals surface area contributed by atoms with E-state index in [1.54, 1.807) is 7.11 Å². The number of halogens is 1. The Labute approximate surface area is 113 Å². The van der Waals surface area contributed by atoms with E-state index in [1.165, 1.54) is 5.56 Å². The molecule has 1 aromatic carbocycles. The van der Waals surface area contributed by atoms with Crippen LogP contribution in [0.15, 0.2) is 16.6 Å². The standard InChI is InChI=1S/C14H22BrNO/c1-9(2)6-11(4)16-14-10(3)7-12(15)8-13(14)17-5/h7-9,11,16H,6H2,1-5H3. The molecular formula is C14H22BrNO. The van der Waals surface area contributed by atoms with Gasteiger partial charge < -0.3 is 10.1 Å². The molecule has 2 nitrogen and oxygen atoms in total. The summed E-state index contributed by atoms with van der Waals surface area (Å²) in [4.78, 5) is 0. The molecule has 1 N–H and O–H groups in total. The quantitative estimate of drug-likeness (QED) is 0.857. The average molecular weight is 300 g/mol. The predicted molar refractivity (Wildman–Crippen MR) is 78.0 cm³/mol. The van der Waals surface area contributed by atoms with E-state index < -0.39 is 0 Å². The molecule has 0 heterocycles. The Bertz CT molecular complexity index is 377. The third kappa shape index (κ3) is 4.23. The van der Waals surface area contributed by atoms with Crippen LogP contribution in [0.4, 0.5) is 5.69 Å². The van der Waals surface area contributed by atoms with Crippen molar-refractivity contribution in [1.82, 2.24) is 0 Å². The molecule has 1 aromatic rings. The van der Waals surface area contributed by atoms with Crippen molar-refractivity contribution in [2.45, 2.75) is 40.2 Å². The maximum Gasteiger partial charge on any atom is 0.143 e. The molecule has 0 bridgehead atoms. The van der Waals surface area contributed by atoms with Crippen LogP contribution in [0.2, 0.25) is 0 Å². The van der Waals surface area contributed by atoms with E-state index in [-0.39, 0.29) is 0 Å². The second-order valence-electron chi connectivity index (χ2n) is 4.97. The van der Waals surface area contributed by atoms with Crippen molar-refractivity contribution in [2.24, 2.45) is 5.92 Å². The summed E-state index contributed by atoms with van der Waals surface area (Å²) in [6, 6.07) is 4.55. The molecule has 0 aromatic heterocycles. The first kappa shape index (κ1) is 14.4. The fraction of sp³-hybridized carbons (Fsp3) is 0.571. The average Bonchev–Trinajstić information content (AvgIpc) is 2.20. The number of ether oxygens (including phenoxy) is 1. The largest absolute Gasteiger partial charge is 0.495 e. The van der Waals surface area contributed by atoms with Gasteiger partial charge in [-0.05, 0) is 43.9 Å². The Kier molecular flexibility index (Phi) is 5.31. The van der Waals surface area contributed by atoms with Gasteiger partial charge in [0.1, 0.15) is 5.75 Å². The Hall–Kier alpha value is -0.700. The van der Waals surface area contributed by atoms with Crippen molar-refractivity contribution in [3.63, 3.8) is 0 Å². The van der Waals surface area contributed by atoms with Crippen LogP contribution in [-0.2, 0) is 0 Å². The van der Waals surface area contributed by atoms with Crippen molar-refractivity contribution in [3.8, 4) is 5.75 Å². The number of benzene rings is 1. The molecule has 0 amide bonds. The second kappa shape index (κ2) is 6.29. The molecule has 3 heteroatoms. The molecule has 1 unspecified atom stereocenters. The SMILES string of the molecule is COc1cc(Br)cc(C)c1NC(C)CC(C)C. The third-order valence-corrected chi connectivity index (χ3v) is 3.16. The lowest BCUT2D eigenvalue weighted by Crippen LogP contribution is -2.18. The summed E-state index contributed by atoms with van der Waals surface area (Å²) >= 11 is 3.49. The molecule has 96 valence electrons. The molecular weight excluding hydrogens is 278 g/mol.